The minimum atomic E-state index is -0.897. The Kier molecular flexibility index (Phi) is 4.18. The van der Waals surface area contributed by atoms with Gasteiger partial charge in [-0.2, -0.15) is 0 Å². The smallest absolute Gasteiger partial charge is 0.308 e. The normalized spacial score (nSPS) is 18.9. The Labute approximate surface area is 126 Å². The van der Waals surface area contributed by atoms with Crippen LogP contribution in [0.15, 0.2) is 28.7 Å². The van der Waals surface area contributed by atoms with E-state index >= 15 is 0 Å². The lowest BCUT2D eigenvalue weighted by molar-refractivity contribution is -0.142. The molecule has 1 amide bonds. The number of aliphatic carboxylic acids is 1. The second kappa shape index (κ2) is 5.56. The van der Waals surface area contributed by atoms with Gasteiger partial charge in [-0.25, -0.2) is 0 Å². The zero-order valence-electron chi connectivity index (χ0n) is 11.5. The predicted octanol–water partition coefficient (Wildman–Crippen LogP) is 2.71. The monoisotopic (exact) mass is 339 g/mol. The number of nitrogens with one attached hydrogen (secondary N) is 1. The molecule has 0 aliphatic heterocycles. The molecule has 0 saturated heterocycles. The second-order valence-electron chi connectivity index (χ2n) is 5.48. The fraction of sp³-hybridized carbons (Fsp3) is 0.467. The maximum absolute atomic E-state index is 12.4. The van der Waals surface area contributed by atoms with Gasteiger partial charge in [-0.3, -0.25) is 9.59 Å². The summed E-state index contributed by atoms with van der Waals surface area (Å²) in [5.74, 6) is -1.56. The van der Waals surface area contributed by atoms with Gasteiger partial charge in [0.2, 0.25) is 5.91 Å². The van der Waals surface area contributed by atoms with Crippen molar-refractivity contribution in [1.29, 1.82) is 0 Å². The lowest BCUT2D eigenvalue weighted by Gasteiger charge is -2.22. The molecule has 1 aromatic rings. The van der Waals surface area contributed by atoms with Crippen molar-refractivity contribution in [2.45, 2.75) is 38.1 Å². The highest BCUT2D eigenvalue weighted by Crippen LogP contribution is 2.48. The molecule has 1 fully saturated rings. The molecule has 20 heavy (non-hydrogen) atoms. The van der Waals surface area contributed by atoms with Crippen LogP contribution in [0.4, 0.5) is 0 Å². The molecule has 1 saturated carbocycles. The lowest BCUT2D eigenvalue weighted by Crippen LogP contribution is -2.44. The summed E-state index contributed by atoms with van der Waals surface area (Å²) in [6.45, 7) is 3.33. The molecule has 0 radical (unpaired) electrons. The van der Waals surface area contributed by atoms with E-state index in [1.807, 2.05) is 24.3 Å². The molecule has 1 aromatic carbocycles. The van der Waals surface area contributed by atoms with Crippen molar-refractivity contribution in [3.05, 3.63) is 34.3 Å². The van der Waals surface area contributed by atoms with Gasteiger partial charge in [0.1, 0.15) is 0 Å². The van der Waals surface area contributed by atoms with E-state index in [-0.39, 0.29) is 11.9 Å². The van der Waals surface area contributed by atoms with Crippen molar-refractivity contribution in [3.8, 4) is 0 Å². The van der Waals surface area contributed by atoms with Crippen LogP contribution in [0.1, 0.15) is 32.3 Å². The number of carboxylic acid groups (broad SMARTS) is 1. The Morgan fingerprint density at radius 1 is 1.25 bits per heavy atom. The van der Waals surface area contributed by atoms with Gasteiger partial charge in [0.15, 0.2) is 0 Å². The van der Waals surface area contributed by atoms with Crippen molar-refractivity contribution in [1.82, 2.24) is 5.32 Å². The second-order valence-corrected chi connectivity index (χ2v) is 6.39. The van der Waals surface area contributed by atoms with Crippen molar-refractivity contribution in [3.63, 3.8) is 0 Å². The summed E-state index contributed by atoms with van der Waals surface area (Å²) in [5, 5.41) is 11.8. The van der Waals surface area contributed by atoms with Gasteiger partial charge in [0, 0.05) is 10.5 Å². The molecule has 0 aromatic heterocycles. The van der Waals surface area contributed by atoms with E-state index < -0.39 is 17.3 Å². The molecule has 1 aliphatic rings. The van der Waals surface area contributed by atoms with Crippen LogP contribution < -0.4 is 5.32 Å². The van der Waals surface area contributed by atoms with Gasteiger partial charge in [-0.05, 0) is 44.4 Å². The molecular formula is C15H18BrNO3. The summed E-state index contributed by atoms with van der Waals surface area (Å²) in [6.07, 6.45) is 1.63. The molecule has 5 heteroatoms. The SMILES string of the molecule is CC(NC(=O)C1(c2ccc(Br)cc2)CC1)C(C)C(=O)O. The average molecular weight is 340 g/mol. The predicted molar refractivity (Wildman–Crippen MR) is 79.5 cm³/mol. The summed E-state index contributed by atoms with van der Waals surface area (Å²) in [7, 11) is 0. The largest absolute Gasteiger partial charge is 0.481 e. The highest BCUT2D eigenvalue weighted by atomic mass is 79.9. The van der Waals surface area contributed by atoms with Gasteiger partial charge in [-0.1, -0.05) is 28.1 Å². The minimum absolute atomic E-state index is 0.0691. The van der Waals surface area contributed by atoms with E-state index in [9.17, 15) is 9.59 Å². The van der Waals surface area contributed by atoms with Crippen LogP contribution in [0, 0.1) is 5.92 Å². The molecule has 0 spiro atoms. The number of amides is 1. The van der Waals surface area contributed by atoms with Gasteiger partial charge in [0.25, 0.3) is 0 Å². The number of carboxylic acids is 1. The van der Waals surface area contributed by atoms with E-state index in [4.69, 9.17) is 5.11 Å². The molecular weight excluding hydrogens is 322 g/mol. The van der Waals surface area contributed by atoms with Gasteiger partial charge in [-0.15, -0.1) is 0 Å². The number of hydrogen-bond donors (Lipinski definition) is 2. The Morgan fingerprint density at radius 2 is 1.80 bits per heavy atom. The average Bonchev–Trinajstić information content (AvgIpc) is 3.20. The molecule has 2 N–H and O–H groups in total. The molecule has 108 valence electrons. The first-order chi connectivity index (χ1) is 9.36. The number of rotatable bonds is 5. The number of carbonyl (C=O) groups is 2. The lowest BCUT2D eigenvalue weighted by atomic mass is 9.94. The Morgan fingerprint density at radius 3 is 2.25 bits per heavy atom. The van der Waals surface area contributed by atoms with Crippen LogP contribution in [-0.2, 0) is 15.0 Å². The van der Waals surface area contributed by atoms with Crippen molar-refractivity contribution >= 4 is 27.8 Å². The standard InChI is InChI=1S/C15H18BrNO3/c1-9(13(18)19)10(2)17-14(20)15(7-8-15)11-3-5-12(16)6-4-11/h3-6,9-10H,7-8H2,1-2H3,(H,17,20)(H,18,19). The van der Waals surface area contributed by atoms with Crippen LogP contribution >= 0.6 is 15.9 Å². The van der Waals surface area contributed by atoms with Crippen molar-refractivity contribution < 1.29 is 14.7 Å². The Bertz CT molecular complexity index is 522. The number of benzene rings is 1. The molecule has 0 bridgehead atoms. The zero-order valence-corrected chi connectivity index (χ0v) is 13.1. The molecule has 2 unspecified atom stereocenters. The third-order valence-electron chi connectivity index (χ3n) is 4.08. The summed E-state index contributed by atoms with van der Waals surface area (Å²) < 4.78 is 0.977. The quantitative estimate of drug-likeness (QED) is 0.866. The fourth-order valence-electron chi connectivity index (χ4n) is 2.22. The maximum atomic E-state index is 12.4. The first-order valence-corrected chi connectivity index (χ1v) is 7.46. The van der Waals surface area contributed by atoms with E-state index in [0.717, 1.165) is 22.9 Å². The number of hydrogen-bond acceptors (Lipinski definition) is 2. The maximum Gasteiger partial charge on any atom is 0.308 e. The number of halogens is 1. The summed E-state index contributed by atoms with van der Waals surface area (Å²) in [4.78, 5) is 23.4. The fourth-order valence-corrected chi connectivity index (χ4v) is 2.49. The van der Waals surface area contributed by atoms with E-state index in [1.54, 1.807) is 13.8 Å². The van der Waals surface area contributed by atoms with Crippen LogP contribution in [0.3, 0.4) is 0 Å². The van der Waals surface area contributed by atoms with Crippen molar-refractivity contribution in [2.75, 3.05) is 0 Å². The van der Waals surface area contributed by atoms with Gasteiger partial charge in [0.05, 0.1) is 11.3 Å². The molecule has 2 atom stereocenters. The summed E-state index contributed by atoms with van der Waals surface area (Å²) >= 11 is 3.38. The van der Waals surface area contributed by atoms with Gasteiger partial charge < -0.3 is 10.4 Å². The van der Waals surface area contributed by atoms with Crippen LogP contribution in [0.25, 0.3) is 0 Å². The first kappa shape index (κ1) is 15.0. The molecule has 2 rings (SSSR count). The van der Waals surface area contributed by atoms with Gasteiger partial charge >= 0.3 is 5.97 Å². The Balaban J connectivity index is 2.09. The molecule has 1 aliphatic carbocycles. The zero-order chi connectivity index (χ0) is 14.9. The van der Waals surface area contributed by atoms with Crippen LogP contribution in [0.2, 0.25) is 0 Å². The summed E-state index contributed by atoms with van der Waals surface area (Å²) in [6, 6.07) is 7.36. The minimum Gasteiger partial charge on any atom is -0.481 e. The third kappa shape index (κ3) is 2.87. The molecule has 4 nitrogen and oxygen atoms in total. The van der Waals surface area contributed by atoms with Crippen LogP contribution in [-0.4, -0.2) is 23.0 Å². The Hall–Kier alpha value is -1.36. The third-order valence-corrected chi connectivity index (χ3v) is 4.61. The van der Waals surface area contributed by atoms with Crippen LogP contribution in [0.5, 0.6) is 0 Å². The highest BCUT2D eigenvalue weighted by molar-refractivity contribution is 9.10. The first-order valence-electron chi connectivity index (χ1n) is 6.66. The topological polar surface area (TPSA) is 66.4 Å². The van der Waals surface area contributed by atoms with Crippen molar-refractivity contribution in [2.24, 2.45) is 5.92 Å². The van der Waals surface area contributed by atoms with E-state index in [0.29, 0.717) is 0 Å². The van der Waals surface area contributed by atoms with E-state index in [1.165, 1.54) is 0 Å². The number of carbonyl (C=O) groups excluding carboxylic acids is 1. The van der Waals surface area contributed by atoms with E-state index in [2.05, 4.69) is 21.2 Å². The highest BCUT2D eigenvalue weighted by Gasteiger charge is 2.51. The molecule has 0 heterocycles. The summed E-state index contributed by atoms with van der Waals surface area (Å²) in [5.41, 5.74) is 0.529.